The van der Waals surface area contributed by atoms with Crippen molar-refractivity contribution in [1.29, 1.82) is 0 Å². The number of benzene rings is 2. The van der Waals surface area contributed by atoms with Gasteiger partial charge in [0.25, 0.3) is 5.91 Å². The fourth-order valence-electron chi connectivity index (χ4n) is 2.25. The molecule has 3 N–H and O–H groups in total. The molecule has 0 unspecified atom stereocenters. The van der Waals surface area contributed by atoms with Crippen molar-refractivity contribution in [2.75, 3.05) is 11.1 Å². The summed E-state index contributed by atoms with van der Waals surface area (Å²) >= 11 is 3.32. The molecule has 0 saturated heterocycles. The van der Waals surface area contributed by atoms with Gasteiger partial charge in [0.15, 0.2) is 0 Å². The van der Waals surface area contributed by atoms with Gasteiger partial charge < -0.3 is 11.1 Å². The molecule has 0 aliphatic carbocycles. The molecule has 0 aliphatic heterocycles. The van der Waals surface area contributed by atoms with Gasteiger partial charge in [0.1, 0.15) is 0 Å². The monoisotopic (exact) mass is 332 g/mol. The Morgan fingerprint density at radius 2 is 1.70 bits per heavy atom. The van der Waals surface area contributed by atoms with Crippen LogP contribution in [0.1, 0.15) is 27.0 Å². The third-order valence-electron chi connectivity index (χ3n) is 3.17. The Morgan fingerprint density at radius 3 is 2.25 bits per heavy atom. The Bertz CT molecular complexity index is 657. The minimum atomic E-state index is -0.153. The molecule has 104 valence electrons. The predicted octanol–water partition coefficient (Wildman–Crippen LogP) is 4.21. The largest absolute Gasteiger partial charge is 0.398 e. The van der Waals surface area contributed by atoms with E-state index in [1.165, 1.54) is 5.56 Å². The van der Waals surface area contributed by atoms with Crippen LogP contribution in [-0.4, -0.2) is 5.91 Å². The lowest BCUT2D eigenvalue weighted by Crippen LogP contribution is -2.14. The van der Waals surface area contributed by atoms with Gasteiger partial charge in [-0.05, 0) is 66.0 Å². The molecule has 0 saturated carbocycles. The van der Waals surface area contributed by atoms with E-state index in [2.05, 4.69) is 33.4 Å². The van der Waals surface area contributed by atoms with E-state index < -0.39 is 0 Å². The van der Waals surface area contributed by atoms with Crippen molar-refractivity contribution in [1.82, 2.24) is 0 Å². The Hall–Kier alpha value is -1.81. The van der Waals surface area contributed by atoms with Crippen molar-refractivity contribution in [3.8, 4) is 0 Å². The molecular formula is C16H17BrN2O. The molecule has 4 heteroatoms. The van der Waals surface area contributed by atoms with E-state index >= 15 is 0 Å². The number of anilines is 2. The number of aryl methyl sites for hydroxylation is 3. The van der Waals surface area contributed by atoms with Crippen LogP contribution in [0.4, 0.5) is 11.4 Å². The molecule has 0 heterocycles. The van der Waals surface area contributed by atoms with Gasteiger partial charge in [0.05, 0.1) is 0 Å². The van der Waals surface area contributed by atoms with Gasteiger partial charge in [-0.25, -0.2) is 0 Å². The third-order valence-corrected chi connectivity index (χ3v) is 3.90. The van der Waals surface area contributed by atoms with Crippen molar-refractivity contribution in [2.24, 2.45) is 0 Å². The number of rotatable bonds is 2. The lowest BCUT2D eigenvalue weighted by Gasteiger charge is -2.13. The summed E-state index contributed by atoms with van der Waals surface area (Å²) < 4.78 is 0.789. The summed E-state index contributed by atoms with van der Waals surface area (Å²) in [7, 11) is 0. The summed E-state index contributed by atoms with van der Waals surface area (Å²) in [6.07, 6.45) is 0. The van der Waals surface area contributed by atoms with E-state index in [-0.39, 0.29) is 5.91 Å². The first-order chi connectivity index (χ1) is 9.38. The molecule has 0 atom stereocenters. The maximum Gasteiger partial charge on any atom is 0.255 e. The van der Waals surface area contributed by atoms with Gasteiger partial charge in [-0.2, -0.15) is 0 Å². The quantitative estimate of drug-likeness (QED) is 0.809. The minimum Gasteiger partial charge on any atom is -0.398 e. The van der Waals surface area contributed by atoms with Crippen molar-refractivity contribution < 1.29 is 4.79 Å². The molecule has 0 bridgehead atoms. The van der Waals surface area contributed by atoms with Crippen molar-refractivity contribution in [3.63, 3.8) is 0 Å². The van der Waals surface area contributed by atoms with Gasteiger partial charge >= 0.3 is 0 Å². The van der Waals surface area contributed by atoms with Crippen LogP contribution in [0.2, 0.25) is 0 Å². The molecule has 2 aromatic carbocycles. The number of amides is 1. The molecule has 0 fully saturated rings. The van der Waals surface area contributed by atoms with Crippen molar-refractivity contribution >= 4 is 33.2 Å². The predicted molar refractivity (Wildman–Crippen MR) is 87.2 cm³/mol. The highest BCUT2D eigenvalue weighted by molar-refractivity contribution is 9.10. The second-order valence-corrected chi connectivity index (χ2v) is 5.82. The number of nitrogens with one attached hydrogen (secondary N) is 1. The van der Waals surface area contributed by atoms with Crippen molar-refractivity contribution in [3.05, 3.63) is 57.1 Å². The van der Waals surface area contributed by atoms with Crippen molar-refractivity contribution in [2.45, 2.75) is 20.8 Å². The van der Waals surface area contributed by atoms with Crippen LogP contribution in [0.3, 0.4) is 0 Å². The first kappa shape index (κ1) is 14.6. The van der Waals surface area contributed by atoms with E-state index in [1.54, 1.807) is 18.2 Å². The molecule has 3 nitrogen and oxygen atoms in total. The molecule has 0 aliphatic rings. The molecule has 2 aromatic rings. The fraction of sp³-hybridized carbons (Fsp3) is 0.188. The summed E-state index contributed by atoms with van der Waals surface area (Å²) in [5.41, 5.74) is 11.1. The van der Waals surface area contributed by atoms with E-state index in [4.69, 9.17) is 5.73 Å². The van der Waals surface area contributed by atoms with Crippen LogP contribution >= 0.6 is 15.9 Å². The minimum absolute atomic E-state index is 0.153. The molecule has 2 rings (SSSR count). The van der Waals surface area contributed by atoms with E-state index in [0.29, 0.717) is 11.3 Å². The van der Waals surface area contributed by atoms with Crippen LogP contribution < -0.4 is 11.1 Å². The zero-order valence-corrected chi connectivity index (χ0v) is 13.3. The number of hydrogen-bond acceptors (Lipinski definition) is 2. The van der Waals surface area contributed by atoms with Gasteiger partial charge in [0, 0.05) is 21.4 Å². The number of nitrogen functional groups attached to an aromatic ring is 1. The van der Waals surface area contributed by atoms with Crippen LogP contribution in [-0.2, 0) is 0 Å². The Labute approximate surface area is 127 Å². The average molecular weight is 333 g/mol. The Balaban J connectivity index is 2.30. The highest BCUT2D eigenvalue weighted by Crippen LogP contribution is 2.24. The highest BCUT2D eigenvalue weighted by atomic mass is 79.9. The number of carbonyl (C=O) groups is 1. The SMILES string of the molecule is Cc1cc(C)c(NC(=O)c2ccc(Br)c(N)c2)c(C)c1. The molecular weight excluding hydrogens is 316 g/mol. The van der Waals surface area contributed by atoms with Crippen LogP contribution in [0.25, 0.3) is 0 Å². The smallest absolute Gasteiger partial charge is 0.255 e. The summed E-state index contributed by atoms with van der Waals surface area (Å²) in [6.45, 7) is 6.03. The van der Waals surface area contributed by atoms with Gasteiger partial charge in [-0.1, -0.05) is 17.7 Å². The van der Waals surface area contributed by atoms with Gasteiger partial charge in [-0.3, -0.25) is 4.79 Å². The molecule has 0 spiro atoms. The summed E-state index contributed by atoms with van der Waals surface area (Å²) in [6, 6.07) is 9.29. The second-order valence-electron chi connectivity index (χ2n) is 4.96. The van der Waals surface area contributed by atoms with Gasteiger partial charge in [-0.15, -0.1) is 0 Å². The molecule has 0 radical (unpaired) electrons. The first-order valence-electron chi connectivity index (χ1n) is 6.32. The normalized spacial score (nSPS) is 10.4. The van der Waals surface area contributed by atoms with E-state index in [1.807, 2.05) is 20.8 Å². The van der Waals surface area contributed by atoms with Crippen LogP contribution in [0, 0.1) is 20.8 Å². The van der Waals surface area contributed by atoms with E-state index in [9.17, 15) is 4.79 Å². The third kappa shape index (κ3) is 3.02. The lowest BCUT2D eigenvalue weighted by molar-refractivity contribution is 0.102. The summed E-state index contributed by atoms with van der Waals surface area (Å²) in [5.74, 6) is -0.153. The lowest BCUT2D eigenvalue weighted by atomic mass is 10.0. The number of nitrogens with two attached hydrogens (primary N) is 1. The van der Waals surface area contributed by atoms with E-state index in [0.717, 1.165) is 21.3 Å². The number of halogens is 1. The average Bonchev–Trinajstić information content (AvgIpc) is 2.36. The topological polar surface area (TPSA) is 55.1 Å². The zero-order valence-electron chi connectivity index (χ0n) is 11.8. The Morgan fingerprint density at radius 1 is 1.10 bits per heavy atom. The summed E-state index contributed by atoms with van der Waals surface area (Å²) in [4.78, 5) is 12.3. The van der Waals surface area contributed by atoms with Crippen LogP contribution in [0.5, 0.6) is 0 Å². The number of hydrogen-bond donors (Lipinski definition) is 2. The Kier molecular flexibility index (Phi) is 4.14. The zero-order chi connectivity index (χ0) is 14.9. The molecule has 0 aromatic heterocycles. The number of carbonyl (C=O) groups excluding carboxylic acids is 1. The maximum absolute atomic E-state index is 12.3. The maximum atomic E-state index is 12.3. The van der Waals surface area contributed by atoms with Crippen LogP contribution in [0.15, 0.2) is 34.8 Å². The van der Waals surface area contributed by atoms with Gasteiger partial charge in [0.2, 0.25) is 0 Å². The second kappa shape index (κ2) is 5.67. The highest BCUT2D eigenvalue weighted by Gasteiger charge is 2.11. The molecule has 20 heavy (non-hydrogen) atoms. The summed E-state index contributed by atoms with van der Waals surface area (Å²) in [5, 5.41) is 2.96. The first-order valence-corrected chi connectivity index (χ1v) is 7.12. The molecule has 1 amide bonds. The fourth-order valence-corrected chi connectivity index (χ4v) is 2.49. The standard InChI is InChI=1S/C16H17BrN2O/c1-9-6-10(2)15(11(3)7-9)19-16(20)12-4-5-13(17)14(18)8-12/h4-8H,18H2,1-3H3,(H,19,20).